The quantitative estimate of drug-likeness (QED) is 0.885. The van der Waals surface area contributed by atoms with E-state index in [4.69, 9.17) is 16.3 Å². The van der Waals surface area contributed by atoms with Crippen molar-refractivity contribution in [3.63, 3.8) is 0 Å². The summed E-state index contributed by atoms with van der Waals surface area (Å²) in [5.41, 5.74) is 1.20. The van der Waals surface area contributed by atoms with E-state index >= 15 is 0 Å². The molecule has 0 aliphatic carbocycles. The molecular formula is C14H18ClN3OS. The first-order chi connectivity index (χ1) is 9.60. The van der Waals surface area contributed by atoms with Gasteiger partial charge in [-0.2, -0.15) is 0 Å². The molecule has 1 unspecified atom stereocenters. The molecule has 4 nitrogen and oxygen atoms in total. The lowest BCUT2D eigenvalue weighted by Gasteiger charge is -2.25. The fourth-order valence-electron chi connectivity index (χ4n) is 1.97. The summed E-state index contributed by atoms with van der Waals surface area (Å²) in [6.07, 6.45) is 0. The zero-order valence-electron chi connectivity index (χ0n) is 11.8. The number of likely N-dealkylation sites (N-methyl/N-ethyl adjacent to an activating group) is 1. The number of benzene rings is 1. The molecule has 1 aromatic carbocycles. The topological polar surface area (TPSA) is 37.4 Å². The van der Waals surface area contributed by atoms with Crippen LogP contribution >= 0.6 is 22.9 Å². The van der Waals surface area contributed by atoms with E-state index in [2.05, 4.69) is 41.4 Å². The van der Waals surface area contributed by atoms with Gasteiger partial charge < -0.3 is 15.0 Å². The van der Waals surface area contributed by atoms with E-state index < -0.39 is 0 Å². The van der Waals surface area contributed by atoms with E-state index in [1.807, 2.05) is 17.5 Å². The lowest BCUT2D eigenvalue weighted by atomic mass is 10.1. The molecule has 2 aromatic rings. The van der Waals surface area contributed by atoms with Crippen LogP contribution in [0.3, 0.4) is 0 Å². The Balaban J connectivity index is 2.10. The fraction of sp³-hybridized carbons (Fsp3) is 0.357. The van der Waals surface area contributed by atoms with Gasteiger partial charge in [0.15, 0.2) is 5.13 Å². The van der Waals surface area contributed by atoms with Crippen LogP contribution in [-0.2, 0) is 0 Å². The monoisotopic (exact) mass is 311 g/mol. The Morgan fingerprint density at radius 2 is 2.25 bits per heavy atom. The molecule has 2 rings (SSSR count). The minimum atomic E-state index is 0.229. The molecule has 0 aliphatic heterocycles. The van der Waals surface area contributed by atoms with E-state index in [0.717, 1.165) is 17.4 Å². The highest BCUT2D eigenvalue weighted by Gasteiger charge is 2.15. The summed E-state index contributed by atoms with van der Waals surface area (Å²) < 4.78 is 5.28. The zero-order valence-corrected chi connectivity index (χ0v) is 13.3. The van der Waals surface area contributed by atoms with E-state index in [9.17, 15) is 0 Å². The molecule has 0 saturated carbocycles. The maximum atomic E-state index is 5.83. The number of aromatic nitrogens is 1. The fourth-order valence-corrected chi connectivity index (χ4v) is 2.81. The second-order valence-corrected chi connectivity index (χ2v) is 5.86. The molecule has 1 N–H and O–H groups in total. The number of nitrogens with one attached hydrogen (secondary N) is 1. The number of thiazole rings is 1. The Morgan fingerprint density at radius 1 is 1.45 bits per heavy atom. The van der Waals surface area contributed by atoms with Crippen molar-refractivity contribution in [2.45, 2.75) is 6.04 Å². The maximum absolute atomic E-state index is 5.83. The van der Waals surface area contributed by atoms with Gasteiger partial charge in [-0.1, -0.05) is 23.7 Å². The number of methoxy groups -OCH3 is 1. The average molecular weight is 312 g/mol. The minimum absolute atomic E-state index is 0.229. The third kappa shape index (κ3) is 3.85. The third-order valence-corrected chi connectivity index (χ3v) is 4.15. The normalized spacial score (nSPS) is 12.4. The van der Waals surface area contributed by atoms with Crippen molar-refractivity contribution in [2.24, 2.45) is 0 Å². The number of ether oxygens (including phenoxy) is 1. The van der Waals surface area contributed by atoms with E-state index in [1.54, 1.807) is 7.11 Å². The van der Waals surface area contributed by atoms with Crippen LogP contribution in [0.1, 0.15) is 11.6 Å². The molecule has 1 heterocycles. The highest BCUT2D eigenvalue weighted by molar-refractivity contribution is 7.14. The number of halogens is 1. The Kier molecular flexibility index (Phi) is 5.23. The number of hydrogen-bond acceptors (Lipinski definition) is 5. The largest absolute Gasteiger partial charge is 0.497 e. The summed E-state index contributed by atoms with van der Waals surface area (Å²) in [5.74, 6) is 0.867. The summed E-state index contributed by atoms with van der Waals surface area (Å²) in [5, 5.41) is 6.51. The molecule has 0 aliphatic rings. The van der Waals surface area contributed by atoms with Crippen molar-refractivity contribution in [1.29, 1.82) is 0 Å². The second kappa shape index (κ2) is 6.92. The minimum Gasteiger partial charge on any atom is -0.497 e. The van der Waals surface area contributed by atoms with Crippen LogP contribution in [0.25, 0.3) is 0 Å². The van der Waals surface area contributed by atoms with E-state index in [0.29, 0.717) is 5.15 Å². The van der Waals surface area contributed by atoms with Crippen molar-refractivity contribution >= 4 is 28.1 Å². The third-order valence-electron chi connectivity index (χ3n) is 3.02. The van der Waals surface area contributed by atoms with Crippen molar-refractivity contribution in [3.05, 3.63) is 40.4 Å². The van der Waals surface area contributed by atoms with Crippen LogP contribution in [0, 0.1) is 0 Å². The Hall–Kier alpha value is -1.30. The molecule has 1 atom stereocenters. The van der Waals surface area contributed by atoms with E-state index in [-0.39, 0.29) is 6.04 Å². The van der Waals surface area contributed by atoms with Crippen LogP contribution in [0.2, 0.25) is 5.15 Å². The lowest BCUT2D eigenvalue weighted by Crippen LogP contribution is -2.26. The SMILES string of the molecule is COc1cccc(C(CNc2nc(Cl)cs2)N(C)C)c1. The molecule has 1 aromatic heterocycles. The van der Waals surface area contributed by atoms with Crippen molar-refractivity contribution in [1.82, 2.24) is 9.88 Å². The molecule has 6 heteroatoms. The molecule has 0 bridgehead atoms. The first kappa shape index (κ1) is 15.1. The zero-order chi connectivity index (χ0) is 14.5. The summed E-state index contributed by atoms with van der Waals surface area (Å²) >= 11 is 7.34. The van der Waals surface area contributed by atoms with E-state index in [1.165, 1.54) is 16.9 Å². The van der Waals surface area contributed by atoms with Gasteiger partial charge in [-0.05, 0) is 31.8 Å². The van der Waals surface area contributed by atoms with Crippen molar-refractivity contribution < 1.29 is 4.74 Å². The van der Waals surface area contributed by atoms with Crippen LogP contribution in [0.5, 0.6) is 5.75 Å². The van der Waals surface area contributed by atoms with Gasteiger partial charge in [-0.25, -0.2) is 4.98 Å². The van der Waals surface area contributed by atoms with Crippen LogP contribution < -0.4 is 10.1 Å². The Labute approximate surface area is 128 Å². The van der Waals surface area contributed by atoms with Crippen molar-refractivity contribution in [2.75, 3.05) is 33.1 Å². The van der Waals surface area contributed by atoms with Gasteiger partial charge in [0, 0.05) is 11.9 Å². The van der Waals surface area contributed by atoms with Crippen LogP contribution in [0.4, 0.5) is 5.13 Å². The highest BCUT2D eigenvalue weighted by atomic mass is 35.5. The number of anilines is 1. The Morgan fingerprint density at radius 3 is 2.85 bits per heavy atom. The molecule has 0 radical (unpaired) electrons. The van der Waals surface area contributed by atoms with Gasteiger partial charge >= 0.3 is 0 Å². The number of hydrogen-bond donors (Lipinski definition) is 1. The molecular weight excluding hydrogens is 294 g/mol. The maximum Gasteiger partial charge on any atom is 0.184 e. The summed E-state index contributed by atoms with van der Waals surface area (Å²) in [6.45, 7) is 0.754. The Bertz CT molecular complexity index is 559. The molecule has 108 valence electrons. The summed E-state index contributed by atoms with van der Waals surface area (Å²) in [4.78, 5) is 6.36. The first-order valence-electron chi connectivity index (χ1n) is 6.25. The number of rotatable bonds is 6. The highest BCUT2D eigenvalue weighted by Crippen LogP contribution is 2.24. The molecule has 0 spiro atoms. The molecule has 0 saturated heterocycles. The van der Waals surface area contributed by atoms with Gasteiger partial charge in [-0.15, -0.1) is 11.3 Å². The van der Waals surface area contributed by atoms with Gasteiger partial charge in [0.25, 0.3) is 0 Å². The lowest BCUT2D eigenvalue weighted by molar-refractivity contribution is 0.310. The first-order valence-corrected chi connectivity index (χ1v) is 7.51. The number of nitrogens with zero attached hydrogens (tertiary/aromatic N) is 2. The summed E-state index contributed by atoms with van der Waals surface area (Å²) in [7, 11) is 5.79. The van der Waals surface area contributed by atoms with Crippen molar-refractivity contribution in [3.8, 4) is 5.75 Å². The molecule has 0 amide bonds. The predicted octanol–water partition coefficient (Wildman–Crippen LogP) is 3.52. The van der Waals surface area contributed by atoms with Crippen LogP contribution in [-0.4, -0.2) is 37.6 Å². The molecule has 0 fully saturated rings. The average Bonchev–Trinajstić information content (AvgIpc) is 2.84. The smallest absolute Gasteiger partial charge is 0.184 e. The van der Waals surface area contributed by atoms with Crippen LogP contribution in [0.15, 0.2) is 29.6 Å². The van der Waals surface area contributed by atoms with Gasteiger partial charge in [0.2, 0.25) is 0 Å². The van der Waals surface area contributed by atoms with Gasteiger partial charge in [-0.3, -0.25) is 0 Å². The van der Waals surface area contributed by atoms with Gasteiger partial charge in [0.1, 0.15) is 10.9 Å². The predicted molar refractivity (Wildman–Crippen MR) is 85.0 cm³/mol. The summed E-state index contributed by atoms with van der Waals surface area (Å²) in [6, 6.07) is 8.34. The standard InChI is InChI=1S/C14H18ClN3OS/c1-18(2)12(8-16-14-17-13(15)9-20-14)10-5-4-6-11(7-10)19-3/h4-7,9,12H,8H2,1-3H3,(H,16,17). The second-order valence-electron chi connectivity index (χ2n) is 4.61. The van der Waals surface area contributed by atoms with Gasteiger partial charge in [0.05, 0.1) is 13.2 Å². The molecule has 20 heavy (non-hydrogen) atoms.